The van der Waals surface area contributed by atoms with Crippen LogP contribution in [0.2, 0.25) is 0 Å². The van der Waals surface area contributed by atoms with E-state index < -0.39 is 11.9 Å². The van der Waals surface area contributed by atoms with Gasteiger partial charge in [-0.3, -0.25) is 14.5 Å². The highest BCUT2D eigenvalue weighted by molar-refractivity contribution is 5.79. The fourth-order valence-corrected chi connectivity index (χ4v) is 3.64. The Morgan fingerprint density at radius 3 is 2.52 bits per heavy atom. The van der Waals surface area contributed by atoms with Crippen LogP contribution in [-0.2, 0) is 9.59 Å². The molecule has 0 aromatic heterocycles. The molecular formula is C19H27FN2O3. The summed E-state index contributed by atoms with van der Waals surface area (Å²) in [5.74, 6) is -1.28. The summed E-state index contributed by atoms with van der Waals surface area (Å²) in [4.78, 5) is 27.8. The minimum Gasteiger partial charge on any atom is -0.481 e. The summed E-state index contributed by atoms with van der Waals surface area (Å²) in [5.41, 5.74) is 0.882. The predicted molar refractivity (Wildman–Crippen MR) is 93.5 cm³/mol. The highest BCUT2D eigenvalue weighted by atomic mass is 19.1. The fourth-order valence-electron chi connectivity index (χ4n) is 3.64. The molecule has 0 aliphatic carbocycles. The molecule has 138 valence electrons. The fraction of sp³-hybridized carbons (Fsp3) is 0.579. The van der Waals surface area contributed by atoms with Gasteiger partial charge < -0.3 is 10.0 Å². The summed E-state index contributed by atoms with van der Waals surface area (Å²) < 4.78 is 13.1. The number of nitrogens with zero attached hydrogens (tertiary/aromatic N) is 2. The number of piperidine rings is 1. The van der Waals surface area contributed by atoms with E-state index in [0.29, 0.717) is 19.5 Å². The van der Waals surface area contributed by atoms with E-state index in [4.69, 9.17) is 0 Å². The molecule has 1 saturated heterocycles. The maximum absolute atomic E-state index is 13.1. The number of rotatable bonds is 6. The lowest BCUT2D eigenvalue weighted by atomic mass is 9.90. The first-order valence-electron chi connectivity index (χ1n) is 8.81. The van der Waals surface area contributed by atoms with Gasteiger partial charge in [-0.25, -0.2) is 4.39 Å². The molecule has 3 atom stereocenters. The molecule has 25 heavy (non-hydrogen) atoms. The van der Waals surface area contributed by atoms with Crippen molar-refractivity contribution in [3.8, 4) is 0 Å². The van der Waals surface area contributed by atoms with Gasteiger partial charge in [-0.05, 0) is 43.9 Å². The molecule has 5 nitrogen and oxygen atoms in total. The van der Waals surface area contributed by atoms with Crippen LogP contribution in [0.4, 0.5) is 4.39 Å². The third-order valence-electron chi connectivity index (χ3n) is 4.92. The first-order chi connectivity index (χ1) is 11.8. The number of hydrogen-bond acceptors (Lipinski definition) is 3. The molecule has 0 saturated carbocycles. The van der Waals surface area contributed by atoms with Crippen molar-refractivity contribution in [3.05, 3.63) is 35.6 Å². The largest absolute Gasteiger partial charge is 0.481 e. The first kappa shape index (κ1) is 19.4. The average Bonchev–Trinajstić information content (AvgIpc) is 2.55. The second-order valence-electron chi connectivity index (χ2n) is 6.98. The Hall–Kier alpha value is -1.95. The van der Waals surface area contributed by atoms with E-state index in [-0.39, 0.29) is 30.2 Å². The Bertz CT molecular complexity index is 605. The molecule has 6 heteroatoms. The summed E-state index contributed by atoms with van der Waals surface area (Å²) in [5, 5.41) is 9.27. The van der Waals surface area contributed by atoms with Gasteiger partial charge in [-0.2, -0.15) is 0 Å². The summed E-state index contributed by atoms with van der Waals surface area (Å²) in [6.07, 6.45) is 0.656. The van der Waals surface area contributed by atoms with Gasteiger partial charge in [0.15, 0.2) is 0 Å². The molecule has 2 rings (SSSR count). The van der Waals surface area contributed by atoms with E-state index in [0.717, 1.165) is 12.1 Å². The lowest BCUT2D eigenvalue weighted by molar-refractivity contribution is -0.146. The number of carboxylic acid groups (broad SMARTS) is 1. The third-order valence-corrected chi connectivity index (χ3v) is 4.92. The molecule has 1 aromatic rings. The van der Waals surface area contributed by atoms with Crippen molar-refractivity contribution >= 4 is 11.9 Å². The van der Waals surface area contributed by atoms with Crippen LogP contribution in [0.3, 0.4) is 0 Å². The minimum absolute atomic E-state index is 0.0300. The number of carbonyl (C=O) groups excluding carboxylic acids is 1. The lowest BCUT2D eigenvalue weighted by Crippen LogP contribution is -2.48. The number of aliphatic carboxylic acids is 1. The van der Waals surface area contributed by atoms with Crippen molar-refractivity contribution in [2.45, 2.75) is 33.2 Å². The topological polar surface area (TPSA) is 60.9 Å². The van der Waals surface area contributed by atoms with Crippen LogP contribution in [0.25, 0.3) is 0 Å². The number of likely N-dealkylation sites (N-methyl/N-ethyl adjacent to an activating group) is 1. The van der Waals surface area contributed by atoms with E-state index in [9.17, 15) is 19.1 Å². The summed E-state index contributed by atoms with van der Waals surface area (Å²) in [6, 6.07) is 6.02. The highest BCUT2D eigenvalue weighted by Crippen LogP contribution is 2.24. The maximum Gasteiger partial charge on any atom is 0.307 e. The van der Waals surface area contributed by atoms with E-state index in [1.807, 2.05) is 25.7 Å². The zero-order chi connectivity index (χ0) is 18.6. The molecular weight excluding hydrogens is 323 g/mol. The van der Waals surface area contributed by atoms with Crippen LogP contribution in [0.5, 0.6) is 0 Å². The van der Waals surface area contributed by atoms with Crippen molar-refractivity contribution in [1.82, 2.24) is 9.80 Å². The standard InChI is InChI=1S/C19H27FN2O3/c1-4-22(14(3)15-5-7-17(20)8-6-15)18(23)12-21-10-13(2)9-16(11-21)19(24)25/h5-8,13-14,16H,4,9-12H2,1-3H3,(H,24,25). The molecule has 0 bridgehead atoms. The predicted octanol–water partition coefficient (Wildman–Crippen LogP) is 2.78. The Labute approximate surface area is 148 Å². The smallest absolute Gasteiger partial charge is 0.307 e. The van der Waals surface area contributed by atoms with Crippen molar-refractivity contribution < 1.29 is 19.1 Å². The second kappa shape index (κ2) is 8.43. The van der Waals surface area contributed by atoms with Crippen LogP contribution >= 0.6 is 0 Å². The monoisotopic (exact) mass is 350 g/mol. The quantitative estimate of drug-likeness (QED) is 0.857. The number of likely N-dealkylation sites (tertiary alicyclic amines) is 1. The van der Waals surface area contributed by atoms with Crippen molar-refractivity contribution in [1.29, 1.82) is 0 Å². The van der Waals surface area contributed by atoms with Crippen LogP contribution in [-0.4, -0.2) is 53.0 Å². The van der Waals surface area contributed by atoms with E-state index in [1.165, 1.54) is 12.1 Å². The Morgan fingerprint density at radius 2 is 1.96 bits per heavy atom. The minimum atomic E-state index is -0.795. The van der Waals surface area contributed by atoms with Crippen LogP contribution in [0.15, 0.2) is 24.3 Å². The number of carboxylic acids is 1. The number of hydrogen-bond donors (Lipinski definition) is 1. The van der Waals surface area contributed by atoms with Crippen molar-refractivity contribution in [3.63, 3.8) is 0 Å². The van der Waals surface area contributed by atoms with E-state index in [1.54, 1.807) is 17.0 Å². The van der Waals surface area contributed by atoms with E-state index in [2.05, 4.69) is 0 Å². The van der Waals surface area contributed by atoms with Gasteiger partial charge in [-0.1, -0.05) is 19.1 Å². The maximum atomic E-state index is 13.1. The first-order valence-corrected chi connectivity index (χ1v) is 8.81. The van der Waals surface area contributed by atoms with Crippen molar-refractivity contribution in [2.75, 3.05) is 26.2 Å². The van der Waals surface area contributed by atoms with Gasteiger partial charge in [0, 0.05) is 19.6 Å². The number of carbonyl (C=O) groups is 2. The summed E-state index contributed by atoms with van der Waals surface area (Å²) >= 11 is 0. The molecule has 1 aliphatic heterocycles. The van der Waals surface area contributed by atoms with Gasteiger partial charge >= 0.3 is 5.97 Å². The third kappa shape index (κ3) is 5.01. The Balaban J connectivity index is 2.03. The zero-order valence-electron chi connectivity index (χ0n) is 15.1. The molecule has 1 N–H and O–H groups in total. The lowest BCUT2D eigenvalue weighted by Gasteiger charge is -2.36. The molecule has 3 unspecified atom stereocenters. The molecule has 1 amide bonds. The van der Waals surface area contributed by atoms with Gasteiger partial charge in [0.1, 0.15) is 5.82 Å². The summed E-state index contributed by atoms with van der Waals surface area (Å²) in [7, 11) is 0. The van der Waals surface area contributed by atoms with Crippen LogP contribution in [0.1, 0.15) is 38.8 Å². The van der Waals surface area contributed by atoms with Gasteiger partial charge in [-0.15, -0.1) is 0 Å². The Morgan fingerprint density at radius 1 is 1.32 bits per heavy atom. The molecule has 0 radical (unpaired) electrons. The van der Waals surface area contributed by atoms with Gasteiger partial charge in [0.25, 0.3) is 0 Å². The van der Waals surface area contributed by atoms with Gasteiger partial charge in [0.2, 0.25) is 5.91 Å². The second-order valence-corrected chi connectivity index (χ2v) is 6.98. The molecule has 1 aromatic carbocycles. The Kier molecular flexibility index (Phi) is 6.53. The number of halogens is 1. The van der Waals surface area contributed by atoms with E-state index >= 15 is 0 Å². The number of amides is 1. The normalized spacial score (nSPS) is 22.4. The molecule has 1 heterocycles. The SMILES string of the molecule is CCN(C(=O)CN1CC(C)CC(C(=O)O)C1)C(C)c1ccc(F)cc1. The molecule has 1 fully saturated rings. The summed E-state index contributed by atoms with van der Waals surface area (Å²) in [6.45, 7) is 7.76. The van der Waals surface area contributed by atoms with Crippen molar-refractivity contribution in [2.24, 2.45) is 11.8 Å². The molecule has 1 aliphatic rings. The zero-order valence-corrected chi connectivity index (χ0v) is 15.1. The van der Waals surface area contributed by atoms with Gasteiger partial charge in [0.05, 0.1) is 18.5 Å². The highest BCUT2D eigenvalue weighted by Gasteiger charge is 2.31. The average molecular weight is 350 g/mol. The van der Waals surface area contributed by atoms with Crippen LogP contribution < -0.4 is 0 Å². The number of benzene rings is 1. The van der Waals surface area contributed by atoms with Crippen LogP contribution in [0, 0.1) is 17.7 Å². The molecule has 0 spiro atoms.